The predicted molar refractivity (Wildman–Crippen MR) is 58.0 cm³/mol. The Morgan fingerprint density at radius 2 is 2.50 bits per heavy atom. The maximum atomic E-state index is 4.42. The van der Waals surface area contributed by atoms with Crippen molar-refractivity contribution in [3.05, 3.63) is 11.8 Å². The maximum absolute atomic E-state index is 4.42. The number of hydrogen-bond donors (Lipinski definition) is 0. The fourth-order valence-corrected chi connectivity index (χ4v) is 2.01. The molecule has 1 nitrogen and oxygen atoms in total. The highest BCUT2D eigenvalue weighted by molar-refractivity contribution is 9.09. The lowest BCUT2D eigenvalue weighted by Crippen LogP contribution is -2.07. The second kappa shape index (κ2) is 4.80. The minimum Gasteiger partial charge on any atom is -0.265 e. The number of rotatable bonds is 3. The van der Waals surface area contributed by atoms with Crippen LogP contribution in [0.3, 0.4) is 0 Å². The van der Waals surface area contributed by atoms with Gasteiger partial charge in [0.05, 0.1) is 4.83 Å². The molecular weight excluding hydrogens is 214 g/mol. The van der Waals surface area contributed by atoms with E-state index in [0.29, 0.717) is 10.7 Å². The number of alkyl halides is 1. The molecular formula is C10H16BrN. The average molecular weight is 230 g/mol. The second-order valence-corrected chi connectivity index (χ2v) is 4.48. The Morgan fingerprint density at radius 1 is 1.75 bits per heavy atom. The van der Waals surface area contributed by atoms with E-state index in [2.05, 4.69) is 47.1 Å². The van der Waals surface area contributed by atoms with Crippen LogP contribution in [-0.2, 0) is 0 Å². The summed E-state index contributed by atoms with van der Waals surface area (Å²) in [5.74, 6) is 0.620. The first-order valence-corrected chi connectivity index (χ1v) is 5.54. The summed E-state index contributed by atoms with van der Waals surface area (Å²) < 4.78 is 0. The van der Waals surface area contributed by atoms with Crippen LogP contribution in [0, 0.1) is 5.92 Å². The highest BCUT2D eigenvalue weighted by Crippen LogP contribution is 2.23. The number of nitrogens with zero attached hydrogens (tertiary/aromatic N) is 1. The lowest BCUT2D eigenvalue weighted by atomic mass is 10.0. The Balaban J connectivity index is 2.48. The molecule has 0 aromatic rings. The van der Waals surface area contributed by atoms with Gasteiger partial charge in [-0.3, -0.25) is 4.99 Å². The number of aliphatic imine (C=N–C) groups is 1. The van der Waals surface area contributed by atoms with Crippen LogP contribution >= 0.6 is 15.9 Å². The molecule has 0 bridgehead atoms. The Bertz CT molecular complexity index is 196. The molecule has 12 heavy (non-hydrogen) atoms. The van der Waals surface area contributed by atoms with Crippen molar-refractivity contribution in [2.45, 2.75) is 37.9 Å². The number of allylic oxidation sites excluding steroid dienone is 2. The van der Waals surface area contributed by atoms with Gasteiger partial charge < -0.3 is 0 Å². The summed E-state index contributed by atoms with van der Waals surface area (Å²) in [7, 11) is 0. The van der Waals surface area contributed by atoms with Crippen molar-refractivity contribution < 1.29 is 0 Å². The molecule has 0 N–H and O–H groups in total. The van der Waals surface area contributed by atoms with E-state index in [4.69, 9.17) is 0 Å². The summed E-state index contributed by atoms with van der Waals surface area (Å²) in [5, 5.41) is 0. The third-order valence-corrected chi connectivity index (χ3v) is 2.97. The van der Waals surface area contributed by atoms with Gasteiger partial charge in [0.1, 0.15) is 0 Å². The molecule has 0 spiro atoms. The fraction of sp³-hybridized carbons (Fsp3) is 0.700. The summed E-state index contributed by atoms with van der Waals surface area (Å²) in [4.78, 5) is 4.88. The van der Waals surface area contributed by atoms with E-state index in [1.165, 1.54) is 18.5 Å². The monoisotopic (exact) mass is 229 g/mol. The first-order chi connectivity index (χ1) is 5.74. The van der Waals surface area contributed by atoms with Crippen molar-refractivity contribution in [3.63, 3.8) is 0 Å². The molecule has 1 aliphatic heterocycles. The van der Waals surface area contributed by atoms with E-state index in [0.717, 1.165) is 6.42 Å². The van der Waals surface area contributed by atoms with Crippen molar-refractivity contribution in [3.8, 4) is 0 Å². The lowest BCUT2D eigenvalue weighted by Gasteiger charge is -2.14. The van der Waals surface area contributed by atoms with Gasteiger partial charge >= 0.3 is 0 Å². The highest BCUT2D eigenvalue weighted by Gasteiger charge is 2.11. The number of hydrogen-bond acceptors (Lipinski definition) is 1. The van der Waals surface area contributed by atoms with Gasteiger partial charge in [0, 0.05) is 11.9 Å². The zero-order valence-electron chi connectivity index (χ0n) is 7.76. The van der Waals surface area contributed by atoms with E-state index in [1.807, 2.05) is 0 Å². The normalized spacial score (nSPS) is 25.2. The Morgan fingerprint density at radius 3 is 3.00 bits per heavy atom. The van der Waals surface area contributed by atoms with Crippen LogP contribution < -0.4 is 0 Å². The molecule has 2 atom stereocenters. The van der Waals surface area contributed by atoms with Crippen molar-refractivity contribution >= 4 is 22.1 Å². The van der Waals surface area contributed by atoms with E-state index in [1.54, 1.807) is 0 Å². The van der Waals surface area contributed by atoms with Crippen LogP contribution in [-0.4, -0.2) is 11.0 Å². The summed E-state index contributed by atoms with van der Waals surface area (Å²) in [5.41, 5.74) is 1.22. The molecule has 0 aromatic heterocycles. The van der Waals surface area contributed by atoms with E-state index >= 15 is 0 Å². The average Bonchev–Trinajstić information content (AvgIpc) is 2.06. The zero-order chi connectivity index (χ0) is 8.97. The molecule has 1 aliphatic rings. The predicted octanol–water partition coefficient (Wildman–Crippen LogP) is 3.54. The molecule has 0 saturated carbocycles. The third kappa shape index (κ3) is 2.74. The molecule has 68 valence electrons. The van der Waals surface area contributed by atoms with E-state index in [9.17, 15) is 0 Å². The largest absolute Gasteiger partial charge is 0.265 e. The lowest BCUT2D eigenvalue weighted by molar-refractivity contribution is 0.749. The quantitative estimate of drug-likeness (QED) is 0.657. The van der Waals surface area contributed by atoms with Gasteiger partial charge in [-0.1, -0.05) is 42.3 Å². The summed E-state index contributed by atoms with van der Waals surface area (Å²) in [6, 6.07) is 0. The van der Waals surface area contributed by atoms with Crippen molar-refractivity contribution in [2.24, 2.45) is 10.9 Å². The molecule has 0 amide bonds. The molecule has 1 heterocycles. The molecule has 0 radical (unpaired) electrons. The van der Waals surface area contributed by atoms with Crippen molar-refractivity contribution in [1.29, 1.82) is 0 Å². The van der Waals surface area contributed by atoms with Gasteiger partial charge in [-0.05, 0) is 18.8 Å². The van der Waals surface area contributed by atoms with Gasteiger partial charge in [-0.2, -0.15) is 0 Å². The first kappa shape index (κ1) is 9.97. The Hall–Kier alpha value is -0.110. The smallest absolute Gasteiger partial charge is 0.0564 e. The van der Waals surface area contributed by atoms with Crippen LogP contribution in [0.1, 0.15) is 33.1 Å². The van der Waals surface area contributed by atoms with Crippen LogP contribution in [0.2, 0.25) is 0 Å². The van der Waals surface area contributed by atoms with Crippen molar-refractivity contribution in [2.75, 3.05) is 0 Å². The standard InChI is InChI=1S/C10H16BrN/c1-3-4-9(11)10-6-5-8(2)7-12-10/h6-9H,3-5H2,1-2H3. The summed E-state index contributed by atoms with van der Waals surface area (Å²) in [6.45, 7) is 4.39. The van der Waals surface area contributed by atoms with Gasteiger partial charge in [0.25, 0.3) is 0 Å². The molecule has 2 heteroatoms. The first-order valence-electron chi connectivity index (χ1n) is 4.62. The Labute approximate surface area is 83.1 Å². The zero-order valence-corrected chi connectivity index (χ0v) is 9.34. The minimum absolute atomic E-state index is 0.464. The SMILES string of the molecule is CCCC(Br)C1=CCC(C)C=N1. The Kier molecular flexibility index (Phi) is 3.99. The van der Waals surface area contributed by atoms with Crippen LogP contribution in [0.5, 0.6) is 0 Å². The molecule has 0 saturated heterocycles. The van der Waals surface area contributed by atoms with Crippen LogP contribution in [0.4, 0.5) is 0 Å². The molecule has 2 unspecified atom stereocenters. The molecule has 1 rings (SSSR count). The van der Waals surface area contributed by atoms with Crippen LogP contribution in [0.25, 0.3) is 0 Å². The molecule has 0 fully saturated rings. The van der Waals surface area contributed by atoms with Crippen molar-refractivity contribution in [1.82, 2.24) is 0 Å². The fourth-order valence-electron chi connectivity index (χ4n) is 1.24. The summed E-state index contributed by atoms with van der Waals surface area (Å²) >= 11 is 3.64. The van der Waals surface area contributed by atoms with E-state index in [-0.39, 0.29) is 0 Å². The second-order valence-electron chi connectivity index (χ2n) is 3.38. The van der Waals surface area contributed by atoms with Gasteiger partial charge in [-0.25, -0.2) is 0 Å². The van der Waals surface area contributed by atoms with Gasteiger partial charge in [0.15, 0.2) is 0 Å². The minimum atomic E-state index is 0.464. The van der Waals surface area contributed by atoms with Crippen LogP contribution in [0.15, 0.2) is 16.8 Å². The molecule has 0 aromatic carbocycles. The number of halogens is 1. The topological polar surface area (TPSA) is 12.4 Å². The summed E-state index contributed by atoms with van der Waals surface area (Å²) in [6.07, 6.45) is 7.83. The highest BCUT2D eigenvalue weighted by atomic mass is 79.9. The third-order valence-electron chi connectivity index (χ3n) is 2.04. The van der Waals surface area contributed by atoms with Gasteiger partial charge in [0.2, 0.25) is 0 Å². The van der Waals surface area contributed by atoms with Gasteiger partial charge in [-0.15, -0.1) is 0 Å². The molecule has 0 aliphatic carbocycles. The van der Waals surface area contributed by atoms with E-state index < -0.39 is 0 Å². The maximum Gasteiger partial charge on any atom is 0.0564 e.